The molecule has 4 heteroatoms. The molecule has 0 aromatic carbocycles. The summed E-state index contributed by atoms with van der Waals surface area (Å²) in [6.07, 6.45) is 4.28. The summed E-state index contributed by atoms with van der Waals surface area (Å²) in [4.78, 5) is 13.9. The van der Waals surface area contributed by atoms with E-state index in [0.717, 1.165) is 38.6 Å². The van der Waals surface area contributed by atoms with E-state index in [1.54, 1.807) is 0 Å². The van der Waals surface area contributed by atoms with E-state index in [-0.39, 0.29) is 24.0 Å². The van der Waals surface area contributed by atoms with Gasteiger partial charge in [0.05, 0.1) is 6.10 Å². The van der Waals surface area contributed by atoms with E-state index in [1.807, 2.05) is 18.7 Å². The molecule has 1 aliphatic rings. The molecular weight excluding hydrogens is 216 g/mol. The Hall–Kier alpha value is -0.610. The predicted octanol–water partition coefficient (Wildman–Crippen LogP) is 1.12. The van der Waals surface area contributed by atoms with Crippen LogP contribution in [0, 0.1) is 5.92 Å². The fourth-order valence-corrected chi connectivity index (χ4v) is 2.34. The van der Waals surface area contributed by atoms with Crippen LogP contribution in [0.2, 0.25) is 0 Å². The molecule has 1 aliphatic heterocycles. The van der Waals surface area contributed by atoms with Gasteiger partial charge in [-0.1, -0.05) is 13.3 Å². The number of carbonyl (C=O) groups is 1. The molecule has 0 radical (unpaired) electrons. The van der Waals surface area contributed by atoms with Gasteiger partial charge in [-0.15, -0.1) is 0 Å². The van der Waals surface area contributed by atoms with E-state index in [2.05, 4.69) is 0 Å². The van der Waals surface area contributed by atoms with Crippen LogP contribution in [0.25, 0.3) is 0 Å². The Labute approximate surface area is 104 Å². The monoisotopic (exact) mass is 242 g/mol. The van der Waals surface area contributed by atoms with E-state index in [9.17, 15) is 9.90 Å². The summed E-state index contributed by atoms with van der Waals surface area (Å²) in [5.41, 5.74) is 5.69. The summed E-state index contributed by atoms with van der Waals surface area (Å²) < 4.78 is 0. The first-order valence-electron chi connectivity index (χ1n) is 6.73. The molecule has 3 unspecified atom stereocenters. The predicted molar refractivity (Wildman–Crippen MR) is 68.5 cm³/mol. The van der Waals surface area contributed by atoms with Crippen LogP contribution in [-0.4, -0.2) is 41.1 Å². The van der Waals surface area contributed by atoms with Crippen molar-refractivity contribution >= 4 is 5.91 Å². The van der Waals surface area contributed by atoms with Crippen LogP contribution < -0.4 is 5.73 Å². The number of aliphatic hydroxyl groups excluding tert-OH is 1. The van der Waals surface area contributed by atoms with Gasteiger partial charge in [0.2, 0.25) is 5.91 Å². The first-order chi connectivity index (χ1) is 8.00. The highest BCUT2D eigenvalue weighted by Crippen LogP contribution is 2.16. The number of likely N-dealkylation sites (tertiary alicyclic amines) is 1. The van der Waals surface area contributed by atoms with Crippen molar-refractivity contribution < 1.29 is 9.90 Å². The molecule has 1 fully saturated rings. The van der Waals surface area contributed by atoms with E-state index in [1.165, 1.54) is 0 Å². The zero-order valence-electron chi connectivity index (χ0n) is 11.1. The quantitative estimate of drug-likeness (QED) is 0.759. The molecule has 1 amide bonds. The van der Waals surface area contributed by atoms with Crippen molar-refractivity contribution in [2.75, 3.05) is 13.1 Å². The number of nitrogens with two attached hydrogens (primary N) is 1. The fraction of sp³-hybridized carbons (Fsp3) is 0.923. The molecular formula is C13H26N2O2. The zero-order valence-corrected chi connectivity index (χ0v) is 11.1. The van der Waals surface area contributed by atoms with Crippen LogP contribution in [0.3, 0.4) is 0 Å². The van der Waals surface area contributed by atoms with Crippen LogP contribution in [-0.2, 0) is 4.79 Å². The van der Waals surface area contributed by atoms with Crippen molar-refractivity contribution in [2.45, 2.75) is 58.1 Å². The van der Waals surface area contributed by atoms with Gasteiger partial charge in [0, 0.05) is 25.0 Å². The van der Waals surface area contributed by atoms with E-state index in [4.69, 9.17) is 5.73 Å². The molecule has 1 heterocycles. The van der Waals surface area contributed by atoms with E-state index in [0.29, 0.717) is 6.54 Å². The molecule has 0 aromatic rings. The van der Waals surface area contributed by atoms with Crippen LogP contribution in [0.5, 0.6) is 0 Å². The molecule has 3 atom stereocenters. The maximum atomic E-state index is 12.1. The Bertz CT molecular complexity index is 244. The average molecular weight is 242 g/mol. The summed E-state index contributed by atoms with van der Waals surface area (Å²) in [6, 6.07) is 0.217. The van der Waals surface area contributed by atoms with Gasteiger partial charge in [-0.05, 0) is 32.6 Å². The topological polar surface area (TPSA) is 66.6 Å². The van der Waals surface area contributed by atoms with E-state index < -0.39 is 0 Å². The molecule has 1 rings (SSSR count). The Balaban J connectivity index is 2.30. The largest absolute Gasteiger partial charge is 0.391 e. The highest BCUT2D eigenvalue weighted by Gasteiger charge is 2.25. The minimum absolute atomic E-state index is 0.0547. The number of hydrogen-bond acceptors (Lipinski definition) is 3. The van der Waals surface area contributed by atoms with Gasteiger partial charge in [-0.2, -0.15) is 0 Å². The van der Waals surface area contributed by atoms with Gasteiger partial charge in [0.25, 0.3) is 0 Å². The molecule has 0 spiro atoms. The van der Waals surface area contributed by atoms with E-state index >= 15 is 0 Å². The Morgan fingerprint density at radius 2 is 2.18 bits per heavy atom. The molecule has 3 N–H and O–H groups in total. The Kier molecular flexibility index (Phi) is 5.92. The van der Waals surface area contributed by atoms with Crippen molar-refractivity contribution in [3.05, 3.63) is 0 Å². The lowest BCUT2D eigenvalue weighted by Gasteiger charge is -2.32. The lowest BCUT2D eigenvalue weighted by molar-refractivity contribution is -0.138. The number of piperidine rings is 1. The van der Waals surface area contributed by atoms with Crippen molar-refractivity contribution in [3.8, 4) is 0 Å². The van der Waals surface area contributed by atoms with Crippen LogP contribution in [0.4, 0.5) is 0 Å². The van der Waals surface area contributed by atoms with Gasteiger partial charge in [-0.3, -0.25) is 4.79 Å². The number of rotatable bonds is 5. The zero-order chi connectivity index (χ0) is 12.8. The highest BCUT2D eigenvalue weighted by atomic mass is 16.3. The number of hydrogen-bond donors (Lipinski definition) is 2. The standard InChI is InChI=1S/C13H26N2O2/c1-10(5-3-6-11(2)14)13(17)15-8-4-7-12(16)9-15/h10-12,16H,3-9,14H2,1-2H3. The third-order valence-electron chi connectivity index (χ3n) is 3.43. The summed E-state index contributed by atoms with van der Waals surface area (Å²) >= 11 is 0. The van der Waals surface area contributed by atoms with Crippen molar-refractivity contribution in [1.29, 1.82) is 0 Å². The second-order valence-electron chi connectivity index (χ2n) is 5.39. The summed E-state index contributed by atoms with van der Waals surface area (Å²) in [5.74, 6) is 0.243. The third kappa shape index (κ3) is 5.04. The van der Waals surface area contributed by atoms with Crippen LogP contribution >= 0.6 is 0 Å². The fourth-order valence-electron chi connectivity index (χ4n) is 2.34. The minimum Gasteiger partial charge on any atom is -0.391 e. The maximum absolute atomic E-state index is 12.1. The highest BCUT2D eigenvalue weighted by molar-refractivity contribution is 5.78. The second kappa shape index (κ2) is 6.97. The molecule has 0 aliphatic carbocycles. The molecule has 0 saturated carbocycles. The van der Waals surface area contributed by atoms with Crippen molar-refractivity contribution in [3.63, 3.8) is 0 Å². The summed E-state index contributed by atoms with van der Waals surface area (Å²) in [7, 11) is 0. The molecule has 17 heavy (non-hydrogen) atoms. The van der Waals surface area contributed by atoms with Gasteiger partial charge in [0.15, 0.2) is 0 Å². The normalized spacial score (nSPS) is 24.5. The Morgan fingerprint density at radius 3 is 2.76 bits per heavy atom. The number of aliphatic hydroxyl groups is 1. The molecule has 0 bridgehead atoms. The molecule has 0 aromatic heterocycles. The molecule has 4 nitrogen and oxygen atoms in total. The first-order valence-corrected chi connectivity index (χ1v) is 6.73. The van der Waals surface area contributed by atoms with Gasteiger partial charge in [0.1, 0.15) is 0 Å². The average Bonchev–Trinajstić information content (AvgIpc) is 2.27. The number of nitrogens with zero attached hydrogens (tertiary/aromatic N) is 1. The Morgan fingerprint density at radius 1 is 1.47 bits per heavy atom. The lowest BCUT2D eigenvalue weighted by Crippen LogP contribution is -2.44. The lowest BCUT2D eigenvalue weighted by atomic mass is 9.99. The number of β-amino-alcohol motifs (C(OH)–C–C–N with tert-alkyl or cyclic N) is 1. The number of amides is 1. The van der Waals surface area contributed by atoms with Crippen molar-refractivity contribution in [1.82, 2.24) is 4.90 Å². The molecule has 1 saturated heterocycles. The van der Waals surface area contributed by atoms with Crippen molar-refractivity contribution in [2.24, 2.45) is 11.7 Å². The summed E-state index contributed by atoms with van der Waals surface area (Å²) in [5, 5.41) is 9.55. The van der Waals surface area contributed by atoms with Gasteiger partial charge in [-0.25, -0.2) is 0 Å². The smallest absolute Gasteiger partial charge is 0.225 e. The summed E-state index contributed by atoms with van der Waals surface area (Å²) in [6.45, 7) is 5.28. The number of carbonyl (C=O) groups excluding carboxylic acids is 1. The SMILES string of the molecule is CC(N)CCCC(C)C(=O)N1CCCC(O)C1. The van der Waals surface area contributed by atoms with Gasteiger partial charge < -0.3 is 15.7 Å². The molecule has 100 valence electrons. The van der Waals surface area contributed by atoms with Crippen LogP contribution in [0.15, 0.2) is 0 Å². The third-order valence-corrected chi connectivity index (χ3v) is 3.43. The first kappa shape index (κ1) is 14.5. The maximum Gasteiger partial charge on any atom is 0.225 e. The second-order valence-corrected chi connectivity index (χ2v) is 5.39. The minimum atomic E-state index is -0.330. The van der Waals surface area contributed by atoms with Gasteiger partial charge >= 0.3 is 0 Å². The van der Waals surface area contributed by atoms with Crippen LogP contribution in [0.1, 0.15) is 46.0 Å².